The summed E-state index contributed by atoms with van der Waals surface area (Å²) in [5.74, 6) is 0.00705. The monoisotopic (exact) mass is 771 g/mol. The number of amides is 2. The first-order valence-electron chi connectivity index (χ1n) is 18.5. The Hall–Kier alpha value is -5.71. The van der Waals surface area contributed by atoms with Gasteiger partial charge in [0.25, 0.3) is 0 Å². The first-order chi connectivity index (χ1) is 26.9. The average molecular weight is 772 g/mol. The lowest BCUT2D eigenvalue weighted by molar-refractivity contribution is 0.0483. The van der Waals surface area contributed by atoms with Crippen molar-refractivity contribution in [3.63, 3.8) is 0 Å². The van der Waals surface area contributed by atoms with E-state index in [9.17, 15) is 14.6 Å². The Morgan fingerprint density at radius 2 is 1.52 bits per heavy atom. The van der Waals surface area contributed by atoms with Crippen molar-refractivity contribution in [1.82, 2.24) is 9.80 Å². The molecule has 5 aromatic rings. The van der Waals surface area contributed by atoms with Gasteiger partial charge in [-0.25, -0.2) is 4.79 Å². The number of rotatable bonds is 14. The summed E-state index contributed by atoms with van der Waals surface area (Å²) < 4.78 is 24.0. The first-order valence-corrected chi connectivity index (χ1v) is 20.2. The van der Waals surface area contributed by atoms with E-state index in [4.69, 9.17) is 26.1 Å². The van der Waals surface area contributed by atoms with Crippen molar-refractivity contribution >= 4 is 30.7 Å². The molecule has 1 spiro atoms. The number of amidine groups is 1. The van der Waals surface area contributed by atoms with E-state index < -0.39 is 31.6 Å². The number of carbonyl (C=O) groups excluding carboxylic acids is 1. The second-order valence-electron chi connectivity index (χ2n) is 14.5. The summed E-state index contributed by atoms with van der Waals surface area (Å²) in [6, 6.07) is 40.0. The van der Waals surface area contributed by atoms with E-state index in [-0.39, 0.29) is 43.9 Å². The summed E-state index contributed by atoms with van der Waals surface area (Å²) in [6.45, 7) is 4.68. The van der Waals surface area contributed by atoms with Crippen LogP contribution in [0.4, 0.5) is 10.5 Å². The zero-order valence-electron chi connectivity index (χ0n) is 30.9. The lowest BCUT2D eigenvalue weighted by Gasteiger charge is -2.37. The zero-order chi connectivity index (χ0) is 39.5. The number of aliphatic hydroxyl groups is 1. The molecule has 288 valence electrons. The maximum Gasteiger partial charge on any atom is 0.365 e. The topological polar surface area (TPSA) is 175 Å². The number of aliphatic hydroxyl groups excluding tert-OH is 1. The van der Waals surface area contributed by atoms with E-state index in [0.717, 1.165) is 16.7 Å². The van der Waals surface area contributed by atoms with Crippen LogP contribution in [0.1, 0.15) is 52.1 Å². The number of carbonyl (C=O) groups is 1. The SMILES string of the molecule is C=C(c1ccccc1)[C@@H]1C[C@@H](O)C2(CC2c2ccccc2)N(Cc2cccc(OCP(=O)(O)OCc3ccccc3)c2)C(=O)N1Cc1ccc(N)c(C(=N)N)c1. The van der Waals surface area contributed by atoms with E-state index in [1.807, 2.05) is 91.0 Å². The number of anilines is 1. The fourth-order valence-electron chi connectivity index (χ4n) is 7.77. The number of urea groups is 1. The third-order valence-electron chi connectivity index (χ3n) is 10.8. The van der Waals surface area contributed by atoms with Crippen LogP contribution >= 0.6 is 7.60 Å². The molecule has 56 heavy (non-hydrogen) atoms. The van der Waals surface area contributed by atoms with Crippen LogP contribution < -0.4 is 16.2 Å². The normalized spacial score (nSPS) is 21.6. The third kappa shape index (κ3) is 8.27. The van der Waals surface area contributed by atoms with Gasteiger partial charge in [0.15, 0.2) is 6.35 Å². The van der Waals surface area contributed by atoms with Crippen molar-refractivity contribution in [3.8, 4) is 5.75 Å². The van der Waals surface area contributed by atoms with Gasteiger partial charge in [0.05, 0.1) is 24.3 Å². The van der Waals surface area contributed by atoms with Gasteiger partial charge in [-0.3, -0.25) is 9.97 Å². The maximum atomic E-state index is 15.4. The van der Waals surface area contributed by atoms with Gasteiger partial charge in [0.2, 0.25) is 0 Å². The van der Waals surface area contributed by atoms with E-state index in [2.05, 4.69) is 6.58 Å². The summed E-state index contributed by atoms with van der Waals surface area (Å²) in [4.78, 5) is 29.4. The fraction of sp³-hybridized carbons (Fsp3) is 0.227. The van der Waals surface area contributed by atoms with E-state index in [1.165, 1.54) is 0 Å². The number of nitrogens with zero attached hydrogens (tertiary/aromatic N) is 2. The Labute approximate surface area is 326 Å². The van der Waals surface area contributed by atoms with Gasteiger partial charge in [-0.1, -0.05) is 116 Å². The minimum absolute atomic E-state index is 0.0390. The number of benzene rings is 5. The smallest absolute Gasteiger partial charge is 0.365 e. The van der Waals surface area contributed by atoms with Crippen molar-refractivity contribution in [2.45, 2.75) is 56.1 Å². The fourth-order valence-corrected chi connectivity index (χ4v) is 8.51. The maximum absolute atomic E-state index is 15.4. The average Bonchev–Trinajstić information content (AvgIpc) is 3.98. The van der Waals surface area contributed by atoms with Crippen LogP contribution in [0.25, 0.3) is 5.57 Å². The van der Waals surface area contributed by atoms with Crippen LogP contribution in [0.5, 0.6) is 5.75 Å². The van der Waals surface area contributed by atoms with Crippen molar-refractivity contribution in [1.29, 1.82) is 5.41 Å². The van der Waals surface area contributed by atoms with Crippen LogP contribution in [0.3, 0.4) is 0 Å². The minimum Gasteiger partial charge on any atom is -0.481 e. The Morgan fingerprint density at radius 3 is 2.21 bits per heavy atom. The summed E-state index contributed by atoms with van der Waals surface area (Å²) in [6.07, 6.45) is -0.730. The lowest BCUT2D eigenvalue weighted by atomic mass is 9.90. The standard InChI is InChI=1S/C44H46N5O6P/c1-30(34-15-7-3-8-16-34)40-24-41(50)44(25-38(44)35-17-9-4-10-18-35)49(43(51)48(40)26-33-20-21-39(45)37(23-33)42(46)47)27-32-14-11-19-36(22-32)54-29-56(52,53)55-28-31-12-5-2-6-13-31/h2-23,38,40-41,50H,1,24-29,45H2,(H3,46,47)(H,52,53)/t38?,40-,41+,44?/m0/s1. The number of nitrogen functional groups attached to an aromatic ring is 2. The molecular weight excluding hydrogens is 725 g/mol. The number of nitrogens with one attached hydrogen (secondary N) is 1. The molecule has 2 amide bonds. The van der Waals surface area contributed by atoms with Gasteiger partial charge in [0, 0.05) is 36.7 Å². The van der Waals surface area contributed by atoms with Crippen molar-refractivity contribution in [3.05, 3.63) is 173 Å². The minimum atomic E-state index is -4.11. The van der Waals surface area contributed by atoms with E-state index in [1.54, 1.807) is 52.3 Å². The molecule has 2 aliphatic rings. The van der Waals surface area contributed by atoms with Crippen LogP contribution in [-0.4, -0.2) is 55.7 Å². The summed E-state index contributed by atoms with van der Waals surface area (Å²) in [5.41, 5.74) is 16.5. The van der Waals surface area contributed by atoms with Gasteiger partial charge in [-0.15, -0.1) is 0 Å². The molecule has 5 atom stereocenters. The molecule has 1 aliphatic heterocycles. The molecule has 0 radical (unpaired) electrons. The molecule has 1 saturated carbocycles. The second kappa shape index (κ2) is 16.2. The summed E-state index contributed by atoms with van der Waals surface area (Å²) in [7, 11) is -4.11. The molecule has 1 aliphatic carbocycles. The quantitative estimate of drug-likeness (QED) is 0.0334. The molecule has 7 N–H and O–H groups in total. The van der Waals surface area contributed by atoms with Gasteiger partial charge in [-0.2, -0.15) is 0 Å². The summed E-state index contributed by atoms with van der Waals surface area (Å²) >= 11 is 0. The Balaban J connectivity index is 1.23. The van der Waals surface area contributed by atoms with Gasteiger partial charge < -0.3 is 40.5 Å². The molecule has 2 fully saturated rings. The predicted octanol–water partition coefficient (Wildman–Crippen LogP) is 7.49. The second-order valence-corrected chi connectivity index (χ2v) is 16.3. The summed E-state index contributed by atoms with van der Waals surface area (Å²) in [5, 5.41) is 20.5. The molecule has 7 rings (SSSR count). The highest BCUT2D eigenvalue weighted by Gasteiger charge is 2.66. The van der Waals surface area contributed by atoms with Crippen molar-refractivity contribution < 1.29 is 28.6 Å². The molecule has 0 aromatic heterocycles. The number of nitrogens with two attached hydrogens (primary N) is 2. The largest absolute Gasteiger partial charge is 0.481 e. The Bertz CT molecular complexity index is 2260. The highest BCUT2D eigenvalue weighted by molar-refractivity contribution is 7.52. The highest BCUT2D eigenvalue weighted by Crippen LogP contribution is 2.60. The third-order valence-corrected chi connectivity index (χ3v) is 11.8. The molecule has 5 aromatic carbocycles. The van der Waals surface area contributed by atoms with Crippen LogP contribution in [-0.2, 0) is 28.8 Å². The van der Waals surface area contributed by atoms with Crippen LogP contribution in [0.15, 0.2) is 140 Å². The molecule has 12 heteroatoms. The van der Waals surface area contributed by atoms with E-state index >= 15 is 4.79 Å². The van der Waals surface area contributed by atoms with Crippen LogP contribution in [0.2, 0.25) is 0 Å². The molecule has 1 heterocycles. The van der Waals surface area contributed by atoms with Crippen LogP contribution in [0, 0.1) is 5.41 Å². The highest BCUT2D eigenvalue weighted by atomic mass is 31.2. The predicted molar refractivity (Wildman–Crippen MR) is 218 cm³/mol. The molecule has 11 nitrogen and oxygen atoms in total. The first kappa shape index (κ1) is 38.6. The molecular formula is C44H46N5O6P. The van der Waals surface area contributed by atoms with Crippen molar-refractivity contribution in [2.24, 2.45) is 5.73 Å². The number of ether oxygens (including phenoxy) is 1. The zero-order valence-corrected chi connectivity index (χ0v) is 31.8. The molecule has 3 unspecified atom stereocenters. The Kier molecular flexibility index (Phi) is 11.1. The molecule has 1 saturated heterocycles. The Morgan fingerprint density at radius 1 is 0.875 bits per heavy atom. The lowest BCUT2D eigenvalue weighted by Crippen LogP contribution is -2.51. The van der Waals surface area contributed by atoms with Gasteiger partial charge in [0.1, 0.15) is 11.6 Å². The molecule has 0 bridgehead atoms. The van der Waals surface area contributed by atoms with Gasteiger partial charge >= 0.3 is 13.6 Å². The number of hydrogen-bond acceptors (Lipinski definition) is 7. The van der Waals surface area contributed by atoms with Gasteiger partial charge in [-0.05, 0) is 64.1 Å². The number of hydrogen-bond donors (Lipinski definition) is 5. The van der Waals surface area contributed by atoms with E-state index in [0.29, 0.717) is 40.1 Å². The van der Waals surface area contributed by atoms with Crippen molar-refractivity contribution in [2.75, 3.05) is 12.1 Å².